The van der Waals surface area contributed by atoms with Crippen LogP contribution in [0.3, 0.4) is 0 Å². The molecule has 0 heterocycles. The maximum absolute atomic E-state index is 14.1. The summed E-state index contributed by atoms with van der Waals surface area (Å²) in [5.74, 6) is -0.864. The number of hydrogen-bond donors (Lipinski definition) is 1. The minimum atomic E-state index is -0.866. The van der Waals surface area contributed by atoms with Crippen molar-refractivity contribution in [1.82, 2.24) is 0 Å². The number of nitrogens with two attached hydrogens (primary N) is 1. The molecule has 0 saturated carbocycles. The number of benzene rings is 2. The second-order valence-electron chi connectivity index (χ2n) is 4.32. The van der Waals surface area contributed by atoms with Crippen molar-refractivity contribution in [3.8, 4) is 5.75 Å². The van der Waals surface area contributed by atoms with E-state index in [0.717, 1.165) is 0 Å². The summed E-state index contributed by atoms with van der Waals surface area (Å²) in [5.41, 5.74) is 6.94. The molecule has 19 heavy (non-hydrogen) atoms. The van der Waals surface area contributed by atoms with E-state index in [1.165, 1.54) is 19.2 Å². The van der Waals surface area contributed by atoms with E-state index in [4.69, 9.17) is 10.5 Å². The van der Waals surface area contributed by atoms with E-state index in [2.05, 4.69) is 0 Å². The fourth-order valence-electron chi connectivity index (χ4n) is 2.00. The fraction of sp³-hybridized carbons (Fsp3) is 0.200. The van der Waals surface area contributed by atoms with Crippen LogP contribution >= 0.6 is 0 Å². The van der Waals surface area contributed by atoms with Gasteiger partial charge in [0.1, 0.15) is 5.82 Å². The van der Waals surface area contributed by atoms with E-state index in [0.29, 0.717) is 5.56 Å². The van der Waals surface area contributed by atoms with Gasteiger partial charge in [0.2, 0.25) is 0 Å². The number of rotatable bonds is 3. The van der Waals surface area contributed by atoms with Crippen molar-refractivity contribution in [2.24, 2.45) is 5.73 Å². The number of hydrogen-bond acceptors (Lipinski definition) is 2. The topological polar surface area (TPSA) is 35.2 Å². The first-order chi connectivity index (χ1) is 9.06. The lowest BCUT2D eigenvalue weighted by atomic mass is 9.97. The van der Waals surface area contributed by atoms with E-state index >= 15 is 0 Å². The Morgan fingerprint density at radius 1 is 1.00 bits per heavy atom. The van der Waals surface area contributed by atoms with Gasteiger partial charge in [0.15, 0.2) is 11.6 Å². The van der Waals surface area contributed by atoms with Gasteiger partial charge in [-0.25, -0.2) is 8.78 Å². The van der Waals surface area contributed by atoms with Gasteiger partial charge in [-0.1, -0.05) is 30.3 Å². The predicted octanol–water partition coefficient (Wildman–Crippen LogP) is 3.33. The van der Waals surface area contributed by atoms with Crippen LogP contribution in [0, 0.1) is 18.6 Å². The zero-order valence-corrected chi connectivity index (χ0v) is 10.8. The zero-order chi connectivity index (χ0) is 14.0. The molecule has 0 aliphatic carbocycles. The average Bonchev–Trinajstić information content (AvgIpc) is 2.41. The third-order valence-corrected chi connectivity index (χ3v) is 3.10. The molecular weight excluding hydrogens is 248 g/mol. The third-order valence-electron chi connectivity index (χ3n) is 3.10. The molecule has 0 aliphatic heterocycles. The van der Waals surface area contributed by atoms with Crippen molar-refractivity contribution in [2.45, 2.75) is 13.0 Å². The monoisotopic (exact) mass is 263 g/mol. The van der Waals surface area contributed by atoms with Crippen LogP contribution < -0.4 is 10.5 Å². The Labute approximate surface area is 110 Å². The summed E-state index contributed by atoms with van der Waals surface area (Å²) in [6.45, 7) is 1.65. The van der Waals surface area contributed by atoms with Crippen molar-refractivity contribution in [3.63, 3.8) is 0 Å². The highest BCUT2D eigenvalue weighted by Gasteiger charge is 2.20. The molecule has 0 aliphatic rings. The number of methoxy groups -OCH3 is 1. The molecule has 0 spiro atoms. The van der Waals surface area contributed by atoms with Gasteiger partial charge in [-0.2, -0.15) is 0 Å². The molecule has 0 fully saturated rings. The third kappa shape index (κ3) is 2.44. The molecule has 2 rings (SSSR count). The largest absolute Gasteiger partial charge is 0.494 e. The summed E-state index contributed by atoms with van der Waals surface area (Å²) in [4.78, 5) is 0. The van der Waals surface area contributed by atoms with Gasteiger partial charge < -0.3 is 10.5 Å². The Hall–Kier alpha value is -1.94. The highest BCUT2D eigenvalue weighted by atomic mass is 19.1. The van der Waals surface area contributed by atoms with Crippen LogP contribution in [0.4, 0.5) is 8.78 Å². The number of halogens is 2. The van der Waals surface area contributed by atoms with Crippen molar-refractivity contribution < 1.29 is 13.5 Å². The highest BCUT2D eigenvalue weighted by Crippen LogP contribution is 2.29. The van der Waals surface area contributed by atoms with Gasteiger partial charge in [-0.05, 0) is 18.6 Å². The summed E-state index contributed by atoms with van der Waals surface area (Å²) < 4.78 is 33.0. The molecule has 100 valence electrons. The smallest absolute Gasteiger partial charge is 0.170 e. The summed E-state index contributed by atoms with van der Waals surface area (Å²) in [6, 6.07) is 8.70. The molecule has 0 amide bonds. The normalized spacial score (nSPS) is 12.3. The molecule has 0 aromatic heterocycles. The molecule has 4 heteroatoms. The lowest BCUT2D eigenvalue weighted by Crippen LogP contribution is -2.16. The van der Waals surface area contributed by atoms with E-state index in [1.54, 1.807) is 31.2 Å². The van der Waals surface area contributed by atoms with E-state index in [1.807, 2.05) is 0 Å². The zero-order valence-electron chi connectivity index (χ0n) is 10.8. The number of ether oxygens (including phenoxy) is 1. The van der Waals surface area contributed by atoms with Gasteiger partial charge in [-0.15, -0.1) is 0 Å². The van der Waals surface area contributed by atoms with Gasteiger partial charge in [0.05, 0.1) is 13.2 Å². The van der Waals surface area contributed by atoms with Crippen LogP contribution in [0.25, 0.3) is 0 Å². The van der Waals surface area contributed by atoms with E-state index in [-0.39, 0.29) is 16.9 Å². The Morgan fingerprint density at radius 3 is 2.21 bits per heavy atom. The molecule has 0 radical (unpaired) electrons. The number of aryl methyl sites for hydroxylation is 1. The van der Waals surface area contributed by atoms with Crippen molar-refractivity contribution in [1.29, 1.82) is 0 Å². The molecule has 2 nitrogen and oxygen atoms in total. The predicted molar refractivity (Wildman–Crippen MR) is 70.1 cm³/mol. The molecule has 0 saturated heterocycles. The summed E-state index contributed by atoms with van der Waals surface area (Å²) in [6.07, 6.45) is 0. The van der Waals surface area contributed by atoms with E-state index in [9.17, 15) is 8.78 Å². The minimum absolute atomic E-state index is 0.0982. The SMILES string of the molecule is COc1cccc(C(N)c2cccc(C)c2F)c1F. The average molecular weight is 263 g/mol. The van der Waals surface area contributed by atoms with Crippen LogP contribution in [0.2, 0.25) is 0 Å². The Morgan fingerprint density at radius 2 is 1.58 bits per heavy atom. The van der Waals surface area contributed by atoms with Crippen molar-refractivity contribution in [3.05, 3.63) is 64.7 Å². The highest BCUT2D eigenvalue weighted by molar-refractivity contribution is 5.39. The second kappa shape index (κ2) is 5.36. The summed E-state index contributed by atoms with van der Waals surface area (Å²) in [5, 5.41) is 0. The van der Waals surface area contributed by atoms with Crippen LogP contribution in [-0.4, -0.2) is 7.11 Å². The molecule has 2 aromatic carbocycles. The lowest BCUT2D eigenvalue weighted by Gasteiger charge is -2.16. The summed E-state index contributed by atoms with van der Waals surface area (Å²) >= 11 is 0. The van der Waals surface area contributed by atoms with Crippen LogP contribution in [0.15, 0.2) is 36.4 Å². The van der Waals surface area contributed by atoms with Gasteiger partial charge in [0, 0.05) is 11.1 Å². The Balaban J connectivity index is 2.50. The second-order valence-corrected chi connectivity index (χ2v) is 4.32. The maximum atomic E-state index is 14.1. The quantitative estimate of drug-likeness (QED) is 0.921. The van der Waals surface area contributed by atoms with Gasteiger partial charge >= 0.3 is 0 Å². The first-order valence-corrected chi connectivity index (χ1v) is 5.89. The first-order valence-electron chi connectivity index (χ1n) is 5.89. The van der Waals surface area contributed by atoms with Crippen LogP contribution in [0.1, 0.15) is 22.7 Å². The lowest BCUT2D eigenvalue weighted by molar-refractivity contribution is 0.383. The molecule has 1 atom stereocenters. The van der Waals surface area contributed by atoms with Gasteiger partial charge in [-0.3, -0.25) is 0 Å². The first kappa shape index (κ1) is 13.5. The van der Waals surface area contributed by atoms with Crippen LogP contribution in [0.5, 0.6) is 5.75 Å². The standard InChI is InChI=1S/C15H15F2NO/c1-9-5-3-6-10(13(9)16)15(18)11-7-4-8-12(19-2)14(11)17/h3-8,15H,18H2,1-2H3. The molecule has 2 N–H and O–H groups in total. The van der Waals surface area contributed by atoms with Gasteiger partial charge in [0.25, 0.3) is 0 Å². The maximum Gasteiger partial charge on any atom is 0.170 e. The van der Waals surface area contributed by atoms with Crippen molar-refractivity contribution in [2.75, 3.05) is 7.11 Å². The Kier molecular flexibility index (Phi) is 3.81. The van der Waals surface area contributed by atoms with Crippen molar-refractivity contribution >= 4 is 0 Å². The summed E-state index contributed by atoms with van der Waals surface area (Å²) in [7, 11) is 1.38. The molecule has 2 aromatic rings. The molecule has 0 bridgehead atoms. The molecular formula is C15H15F2NO. The van der Waals surface area contributed by atoms with E-state index < -0.39 is 17.7 Å². The fourth-order valence-corrected chi connectivity index (χ4v) is 2.00. The molecule has 1 unspecified atom stereocenters. The Bertz CT molecular complexity index is 599. The van der Waals surface area contributed by atoms with Crippen LogP contribution in [-0.2, 0) is 0 Å². The minimum Gasteiger partial charge on any atom is -0.494 e.